The van der Waals surface area contributed by atoms with Gasteiger partial charge in [-0.2, -0.15) is 0 Å². The molecule has 0 radical (unpaired) electrons. The lowest BCUT2D eigenvalue weighted by atomic mass is 9.98. The molecule has 1 rings (SSSR count). The molecule has 0 spiro atoms. The first-order chi connectivity index (χ1) is 11.3. The van der Waals surface area contributed by atoms with E-state index in [1.54, 1.807) is 0 Å². The average Bonchev–Trinajstić information content (AvgIpc) is 2.48. The normalized spacial score (nSPS) is 12.7. The summed E-state index contributed by atoms with van der Waals surface area (Å²) in [5, 5.41) is 12.9. The lowest BCUT2D eigenvalue weighted by molar-refractivity contribution is 0.0698. The lowest BCUT2D eigenvalue weighted by Gasteiger charge is -2.40. The van der Waals surface area contributed by atoms with E-state index in [9.17, 15) is 9.90 Å². The smallest absolute Gasteiger partial charge is 0.408 e. The molecule has 1 atom stereocenters. The molecule has 6 heteroatoms. The molecule has 0 aliphatic heterocycles. The van der Waals surface area contributed by atoms with Crippen molar-refractivity contribution < 1.29 is 14.6 Å². The van der Waals surface area contributed by atoms with Crippen molar-refractivity contribution in [2.24, 2.45) is 5.73 Å². The first-order valence-corrected chi connectivity index (χ1v) is 8.44. The van der Waals surface area contributed by atoms with Gasteiger partial charge in [0.1, 0.15) is 5.75 Å². The van der Waals surface area contributed by atoms with Crippen molar-refractivity contribution in [2.45, 2.75) is 45.7 Å². The van der Waals surface area contributed by atoms with Gasteiger partial charge in [0.05, 0.1) is 12.6 Å². The molecular formula is C18H31N3O3. The number of rotatable bonds is 9. The van der Waals surface area contributed by atoms with Crippen molar-refractivity contribution in [3.63, 3.8) is 0 Å². The molecule has 1 amide bonds. The van der Waals surface area contributed by atoms with Crippen molar-refractivity contribution in [2.75, 3.05) is 26.2 Å². The molecule has 0 saturated carbocycles. The summed E-state index contributed by atoms with van der Waals surface area (Å²) in [4.78, 5) is 13.3. The third-order valence-electron chi connectivity index (χ3n) is 3.70. The van der Waals surface area contributed by atoms with Gasteiger partial charge in [-0.25, -0.2) is 4.79 Å². The second-order valence-corrected chi connectivity index (χ2v) is 6.75. The highest BCUT2D eigenvalue weighted by Gasteiger charge is 2.33. The molecule has 1 aromatic rings. The van der Waals surface area contributed by atoms with E-state index in [4.69, 9.17) is 10.5 Å². The molecule has 0 unspecified atom stereocenters. The Hall–Kier alpha value is -1.79. The highest BCUT2D eigenvalue weighted by molar-refractivity contribution is 5.66. The van der Waals surface area contributed by atoms with E-state index >= 15 is 0 Å². The van der Waals surface area contributed by atoms with Crippen LogP contribution in [0.25, 0.3) is 0 Å². The van der Waals surface area contributed by atoms with E-state index in [0.29, 0.717) is 32.7 Å². The Morgan fingerprint density at radius 1 is 1.33 bits per heavy atom. The highest BCUT2D eigenvalue weighted by Crippen LogP contribution is 2.21. The summed E-state index contributed by atoms with van der Waals surface area (Å²) >= 11 is 0. The van der Waals surface area contributed by atoms with E-state index < -0.39 is 11.6 Å². The fourth-order valence-corrected chi connectivity index (χ4v) is 2.78. The fraction of sp³-hybridized carbons (Fsp3) is 0.611. The van der Waals surface area contributed by atoms with Crippen molar-refractivity contribution in [3.8, 4) is 5.75 Å². The first-order valence-electron chi connectivity index (χ1n) is 8.44. The Morgan fingerprint density at radius 3 is 2.42 bits per heavy atom. The molecule has 0 aliphatic rings. The SMILES string of the molecule is CCOc1ccc(C[C@@H](CNCCN)N(C(=O)O)C(C)(C)C)cc1. The largest absolute Gasteiger partial charge is 0.494 e. The summed E-state index contributed by atoms with van der Waals surface area (Å²) in [7, 11) is 0. The summed E-state index contributed by atoms with van der Waals surface area (Å²) in [5.41, 5.74) is 6.13. The predicted octanol–water partition coefficient (Wildman–Crippen LogP) is 2.32. The van der Waals surface area contributed by atoms with Gasteiger partial charge in [0.25, 0.3) is 0 Å². The molecule has 0 aliphatic carbocycles. The summed E-state index contributed by atoms with van der Waals surface area (Å²) < 4.78 is 5.45. The van der Waals surface area contributed by atoms with Crippen LogP contribution in [0.3, 0.4) is 0 Å². The predicted molar refractivity (Wildman–Crippen MR) is 96.6 cm³/mol. The number of nitrogens with zero attached hydrogens (tertiary/aromatic N) is 1. The van der Waals surface area contributed by atoms with Gasteiger partial charge in [-0.05, 0) is 51.8 Å². The number of benzene rings is 1. The molecule has 0 saturated heterocycles. The van der Waals surface area contributed by atoms with Crippen LogP contribution in [0, 0.1) is 0 Å². The molecular weight excluding hydrogens is 306 g/mol. The fourth-order valence-electron chi connectivity index (χ4n) is 2.78. The molecule has 6 nitrogen and oxygen atoms in total. The maximum absolute atomic E-state index is 11.8. The number of hydrogen-bond acceptors (Lipinski definition) is 4. The van der Waals surface area contributed by atoms with Gasteiger partial charge in [-0.3, -0.25) is 4.90 Å². The molecule has 1 aromatic carbocycles. The minimum Gasteiger partial charge on any atom is -0.494 e. The van der Waals surface area contributed by atoms with Gasteiger partial charge in [0, 0.05) is 25.2 Å². The molecule has 4 N–H and O–H groups in total. The Labute approximate surface area is 145 Å². The number of ether oxygens (including phenoxy) is 1. The van der Waals surface area contributed by atoms with Crippen LogP contribution >= 0.6 is 0 Å². The quantitative estimate of drug-likeness (QED) is 0.602. The number of amides is 1. The van der Waals surface area contributed by atoms with Crippen molar-refractivity contribution in [3.05, 3.63) is 29.8 Å². The van der Waals surface area contributed by atoms with Gasteiger partial charge in [-0.15, -0.1) is 0 Å². The van der Waals surface area contributed by atoms with E-state index in [1.165, 1.54) is 4.90 Å². The van der Waals surface area contributed by atoms with E-state index in [0.717, 1.165) is 11.3 Å². The second kappa shape index (κ2) is 9.49. The van der Waals surface area contributed by atoms with Crippen LogP contribution in [0.1, 0.15) is 33.3 Å². The monoisotopic (exact) mass is 337 g/mol. The van der Waals surface area contributed by atoms with Crippen LogP contribution in [-0.2, 0) is 6.42 Å². The van der Waals surface area contributed by atoms with Crippen LogP contribution in [0.2, 0.25) is 0 Å². The second-order valence-electron chi connectivity index (χ2n) is 6.75. The number of nitrogens with two attached hydrogens (primary N) is 1. The standard InChI is InChI=1S/C18H31N3O3/c1-5-24-16-8-6-14(7-9-16)12-15(13-20-11-10-19)21(17(22)23)18(2,3)4/h6-9,15,20H,5,10-13,19H2,1-4H3,(H,22,23)/t15-/m0/s1. The van der Waals surface area contributed by atoms with E-state index in [1.807, 2.05) is 52.0 Å². The summed E-state index contributed by atoms with van der Waals surface area (Å²) in [6.07, 6.45) is -0.277. The van der Waals surface area contributed by atoms with Gasteiger partial charge < -0.3 is 20.9 Å². The van der Waals surface area contributed by atoms with Gasteiger partial charge in [-0.1, -0.05) is 12.1 Å². The zero-order chi connectivity index (χ0) is 18.2. The third kappa shape index (κ3) is 6.37. The number of carboxylic acid groups (broad SMARTS) is 1. The Morgan fingerprint density at radius 2 is 1.96 bits per heavy atom. The number of carbonyl (C=O) groups is 1. The van der Waals surface area contributed by atoms with Gasteiger partial charge >= 0.3 is 6.09 Å². The molecule has 0 heterocycles. The Kier molecular flexibility index (Phi) is 8.01. The summed E-state index contributed by atoms with van der Waals surface area (Å²) in [6, 6.07) is 7.65. The third-order valence-corrected chi connectivity index (χ3v) is 3.70. The summed E-state index contributed by atoms with van der Waals surface area (Å²) in [5.74, 6) is 0.824. The Bertz CT molecular complexity index is 497. The van der Waals surface area contributed by atoms with Gasteiger partial charge in [0.2, 0.25) is 0 Å². The van der Waals surface area contributed by atoms with Crippen LogP contribution in [0.4, 0.5) is 4.79 Å². The molecule has 0 aromatic heterocycles. The maximum atomic E-state index is 11.8. The maximum Gasteiger partial charge on any atom is 0.408 e. The molecule has 136 valence electrons. The van der Waals surface area contributed by atoms with Gasteiger partial charge in [0.15, 0.2) is 0 Å². The minimum atomic E-state index is -0.909. The average molecular weight is 337 g/mol. The summed E-state index contributed by atoms with van der Waals surface area (Å²) in [6.45, 7) is 10.1. The van der Waals surface area contributed by atoms with Crippen molar-refractivity contribution >= 4 is 6.09 Å². The van der Waals surface area contributed by atoms with Crippen molar-refractivity contribution in [1.29, 1.82) is 0 Å². The number of nitrogens with one attached hydrogen (secondary N) is 1. The van der Waals surface area contributed by atoms with Crippen LogP contribution in [0.15, 0.2) is 24.3 Å². The van der Waals surface area contributed by atoms with Crippen LogP contribution in [0.5, 0.6) is 5.75 Å². The first kappa shape index (κ1) is 20.3. The highest BCUT2D eigenvalue weighted by atomic mass is 16.5. The topological polar surface area (TPSA) is 87.8 Å². The molecule has 0 bridgehead atoms. The zero-order valence-corrected chi connectivity index (χ0v) is 15.2. The zero-order valence-electron chi connectivity index (χ0n) is 15.2. The molecule has 0 fully saturated rings. The lowest BCUT2D eigenvalue weighted by Crippen LogP contribution is -2.55. The van der Waals surface area contributed by atoms with E-state index in [2.05, 4.69) is 5.32 Å². The van der Waals surface area contributed by atoms with Crippen LogP contribution in [-0.4, -0.2) is 53.9 Å². The Balaban J connectivity index is 2.93. The minimum absolute atomic E-state index is 0.174. The van der Waals surface area contributed by atoms with E-state index in [-0.39, 0.29) is 6.04 Å². The number of hydrogen-bond donors (Lipinski definition) is 3. The molecule has 24 heavy (non-hydrogen) atoms. The van der Waals surface area contributed by atoms with Crippen LogP contribution < -0.4 is 15.8 Å². The van der Waals surface area contributed by atoms with Crippen molar-refractivity contribution in [1.82, 2.24) is 10.2 Å².